The predicted molar refractivity (Wildman–Crippen MR) is 111 cm³/mol. The summed E-state index contributed by atoms with van der Waals surface area (Å²) in [5, 5.41) is 9.23. The first kappa shape index (κ1) is 21.5. The second-order valence-electron chi connectivity index (χ2n) is 6.66. The van der Waals surface area contributed by atoms with Crippen molar-refractivity contribution in [1.29, 1.82) is 0 Å². The Morgan fingerprint density at radius 1 is 1.07 bits per heavy atom. The van der Waals surface area contributed by atoms with Crippen molar-refractivity contribution in [1.82, 2.24) is 4.31 Å². The number of benzene rings is 2. The van der Waals surface area contributed by atoms with Crippen LogP contribution in [0.5, 0.6) is 11.5 Å². The van der Waals surface area contributed by atoms with E-state index in [0.717, 1.165) is 12.8 Å². The maximum atomic E-state index is 12.9. The molecule has 0 saturated carbocycles. The van der Waals surface area contributed by atoms with Crippen LogP contribution in [0.25, 0.3) is 0 Å². The Morgan fingerprint density at radius 3 is 2.21 bits per heavy atom. The third kappa shape index (κ3) is 4.50. The molecule has 152 valence electrons. The Labute approximate surface area is 179 Å². The van der Waals surface area contributed by atoms with Gasteiger partial charge in [-0.1, -0.05) is 41.7 Å². The van der Waals surface area contributed by atoms with Gasteiger partial charge in [-0.15, -0.1) is 0 Å². The summed E-state index contributed by atoms with van der Waals surface area (Å²) in [4.78, 5) is 0.0235. The first-order chi connectivity index (χ1) is 13.2. The molecule has 28 heavy (non-hydrogen) atoms. The van der Waals surface area contributed by atoms with Gasteiger partial charge in [-0.2, -0.15) is 4.31 Å². The van der Waals surface area contributed by atoms with E-state index in [1.807, 2.05) is 5.48 Å². The van der Waals surface area contributed by atoms with E-state index in [1.54, 1.807) is 6.07 Å². The lowest BCUT2D eigenvalue weighted by Crippen LogP contribution is -2.37. The van der Waals surface area contributed by atoms with Crippen LogP contribution in [-0.4, -0.2) is 31.0 Å². The number of piperidine rings is 1. The maximum absolute atomic E-state index is 12.9. The summed E-state index contributed by atoms with van der Waals surface area (Å²) in [7, 11) is -3.69. The normalized spacial score (nSPS) is 16.2. The summed E-state index contributed by atoms with van der Waals surface area (Å²) in [5.74, 6) is 0.859. The first-order valence-electron chi connectivity index (χ1n) is 8.59. The molecule has 0 spiro atoms. The summed E-state index contributed by atoms with van der Waals surface area (Å²) < 4.78 is 33.0. The van der Waals surface area contributed by atoms with Crippen molar-refractivity contribution in [3.63, 3.8) is 0 Å². The number of anilines is 1. The molecule has 1 aliphatic heterocycles. The molecule has 1 saturated heterocycles. The highest BCUT2D eigenvalue weighted by molar-refractivity contribution is 7.89. The van der Waals surface area contributed by atoms with E-state index in [0.29, 0.717) is 24.7 Å². The van der Waals surface area contributed by atoms with Crippen LogP contribution in [0.1, 0.15) is 19.8 Å². The van der Waals surface area contributed by atoms with E-state index in [2.05, 4.69) is 6.92 Å². The van der Waals surface area contributed by atoms with E-state index in [4.69, 9.17) is 44.7 Å². The number of nitrogens with zero attached hydrogens (tertiary/aromatic N) is 1. The molecule has 0 aromatic heterocycles. The van der Waals surface area contributed by atoms with Crippen molar-refractivity contribution >= 4 is 50.5 Å². The summed E-state index contributed by atoms with van der Waals surface area (Å²) in [5.41, 5.74) is 2.36. The highest BCUT2D eigenvalue weighted by Crippen LogP contribution is 2.41. The monoisotopic (exact) mass is 464 g/mol. The third-order valence-electron chi connectivity index (χ3n) is 4.63. The Hall–Kier alpha value is -1.22. The lowest BCUT2D eigenvalue weighted by molar-refractivity contribution is 0.288. The minimum atomic E-state index is -3.69. The van der Waals surface area contributed by atoms with Crippen LogP contribution in [0, 0.1) is 5.92 Å². The molecule has 6 nitrogen and oxygen atoms in total. The third-order valence-corrected chi connectivity index (χ3v) is 7.36. The number of sulfonamides is 1. The molecule has 2 aromatic rings. The summed E-state index contributed by atoms with van der Waals surface area (Å²) >= 11 is 18.7. The molecule has 1 fully saturated rings. The summed E-state index contributed by atoms with van der Waals surface area (Å²) in [6.45, 7) is 3.05. The first-order valence-corrected chi connectivity index (χ1v) is 11.2. The van der Waals surface area contributed by atoms with Crippen molar-refractivity contribution in [2.45, 2.75) is 24.7 Å². The van der Waals surface area contributed by atoms with Crippen LogP contribution in [0.2, 0.25) is 15.1 Å². The zero-order valence-corrected chi connectivity index (χ0v) is 18.0. The molecule has 3 rings (SSSR count). The van der Waals surface area contributed by atoms with Crippen LogP contribution < -0.4 is 10.2 Å². The van der Waals surface area contributed by atoms with Crippen LogP contribution in [0.15, 0.2) is 35.2 Å². The average molecular weight is 466 g/mol. The number of hydrogen-bond acceptors (Lipinski definition) is 5. The van der Waals surface area contributed by atoms with Gasteiger partial charge in [0, 0.05) is 13.1 Å². The molecule has 2 aromatic carbocycles. The minimum absolute atomic E-state index is 0.0235. The summed E-state index contributed by atoms with van der Waals surface area (Å²) in [6.07, 6.45) is 1.64. The lowest BCUT2D eigenvalue weighted by atomic mass is 10.0. The number of nitrogens with one attached hydrogen (secondary N) is 1. The molecular formula is C18H19Cl3N2O4S. The standard InChI is InChI=1S/C18H19Cl3N2O4S/c1-11-4-6-23(7-5-11)28(25,26)13-9-15(20)18(16(21)10-13)27-17-3-2-12(22-24)8-14(17)19/h2-3,8-11,22,24H,4-7H2,1H3. The molecule has 0 radical (unpaired) electrons. The average Bonchev–Trinajstić information content (AvgIpc) is 2.65. The van der Waals surface area contributed by atoms with Gasteiger partial charge in [0.1, 0.15) is 5.75 Å². The van der Waals surface area contributed by atoms with Crippen molar-refractivity contribution in [2.75, 3.05) is 18.6 Å². The highest BCUT2D eigenvalue weighted by atomic mass is 35.5. The molecule has 1 heterocycles. The van der Waals surface area contributed by atoms with Crippen LogP contribution >= 0.6 is 34.8 Å². The maximum Gasteiger partial charge on any atom is 0.243 e. The van der Waals surface area contributed by atoms with E-state index in [9.17, 15) is 8.42 Å². The second kappa shape index (κ2) is 8.65. The fraction of sp³-hybridized carbons (Fsp3) is 0.333. The number of halogens is 3. The smallest absolute Gasteiger partial charge is 0.243 e. The Balaban J connectivity index is 1.89. The fourth-order valence-corrected chi connectivity index (χ4v) is 5.36. The molecule has 10 heteroatoms. The van der Waals surface area contributed by atoms with Crippen molar-refractivity contribution in [3.05, 3.63) is 45.4 Å². The second-order valence-corrected chi connectivity index (χ2v) is 9.82. The van der Waals surface area contributed by atoms with Gasteiger partial charge in [0.2, 0.25) is 10.0 Å². The van der Waals surface area contributed by atoms with E-state index < -0.39 is 10.0 Å². The number of hydrogen-bond donors (Lipinski definition) is 2. The van der Waals surface area contributed by atoms with Crippen molar-refractivity contribution in [2.24, 2.45) is 5.92 Å². The Bertz CT molecular complexity index is 954. The van der Waals surface area contributed by atoms with Gasteiger partial charge in [-0.05, 0) is 49.1 Å². The zero-order chi connectivity index (χ0) is 20.5. The minimum Gasteiger partial charge on any atom is -0.453 e. The van der Waals surface area contributed by atoms with E-state index >= 15 is 0 Å². The van der Waals surface area contributed by atoms with Crippen LogP contribution in [0.3, 0.4) is 0 Å². The molecule has 0 bridgehead atoms. The molecular weight excluding hydrogens is 447 g/mol. The van der Waals surface area contributed by atoms with Gasteiger partial charge in [0.25, 0.3) is 0 Å². The zero-order valence-electron chi connectivity index (χ0n) is 15.0. The Morgan fingerprint density at radius 2 is 1.68 bits per heavy atom. The predicted octanol–water partition coefficient (Wildman–Crippen LogP) is 5.66. The van der Waals surface area contributed by atoms with Gasteiger partial charge in [-0.25, -0.2) is 8.42 Å². The number of rotatable bonds is 5. The number of ether oxygens (including phenoxy) is 1. The van der Waals surface area contributed by atoms with Gasteiger partial charge in [-0.3, -0.25) is 10.7 Å². The molecule has 2 N–H and O–H groups in total. The quantitative estimate of drug-likeness (QED) is 0.557. The van der Waals surface area contributed by atoms with Gasteiger partial charge in [0.15, 0.2) is 5.75 Å². The molecule has 1 aliphatic rings. The van der Waals surface area contributed by atoms with Crippen LogP contribution in [-0.2, 0) is 10.0 Å². The van der Waals surface area contributed by atoms with Crippen LogP contribution in [0.4, 0.5) is 5.69 Å². The largest absolute Gasteiger partial charge is 0.453 e. The lowest BCUT2D eigenvalue weighted by Gasteiger charge is -2.29. The van der Waals surface area contributed by atoms with E-state index in [-0.39, 0.29) is 31.5 Å². The molecule has 0 aliphatic carbocycles. The van der Waals surface area contributed by atoms with Gasteiger partial charge < -0.3 is 4.74 Å². The summed E-state index contributed by atoms with van der Waals surface area (Å²) in [6, 6.07) is 7.17. The van der Waals surface area contributed by atoms with Crippen molar-refractivity contribution in [3.8, 4) is 11.5 Å². The van der Waals surface area contributed by atoms with Crippen molar-refractivity contribution < 1.29 is 18.4 Å². The molecule has 0 amide bonds. The highest BCUT2D eigenvalue weighted by Gasteiger charge is 2.29. The fourth-order valence-electron chi connectivity index (χ4n) is 2.92. The molecule has 0 unspecified atom stereocenters. The van der Waals surface area contributed by atoms with Gasteiger partial charge >= 0.3 is 0 Å². The molecule has 0 atom stereocenters. The van der Waals surface area contributed by atoms with Gasteiger partial charge in [0.05, 0.1) is 25.7 Å². The topological polar surface area (TPSA) is 78.9 Å². The SMILES string of the molecule is CC1CCN(S(=O)(=O)c2cc(Cl)c(Oc3ccc(NO)cc3Cl)c(Cl)c2)CC1. The Kier molecular flexibility index (Phi) is 6.64. The van der Waals surface area contributed by atoms with E-state index in [1.165, 1.54) is 28.6 Å².